The predicted octanol–water partition coefficient (Wildman–Crippen LogP) is 2.23. The van der Waals surface area contributed by atoms with Crippen LogP contribution in [0.5, 0.6) is 0 Å². The van der Waals surface area contributed by atoms with Gasteiger partial charge in [-0.3, -0.25) is 4.79 Å². The molecule has 0 aliphatic rings. The molecule has 0 fully saturated rings. The van der Waals surface area contributed by atoms with Crippen molar-refractivity contribution in [3.8, 4) is 11.8 Å². The van der Waals surface area contributed by atoms with Crippen LogP contribution >= 0.6 is 11.6 Å². The lowest BCUT2D eigenvalue weighted by Crippen LogP contribution is -2.11. The summed E-state index contributed by atoms with van der Waals surface area (Å²) in [6.07, 6.45) is 1.56. The minimum Gasteiger partial charge on any atom is -0.356 e. The molecular formula is C14H12ClN3O. The lowest BCUT2D eigenvalue weighted by atomic mass is 10.2. The Balaban J connectivity index is 2.05. The number of hydrogen-bond acceptors (Lipinski definition) is 2. The number of aromatic amines is 1. The maximum atomic E-state index is 11.8. The lowest BCUT2D eigenvalue weighted by Gasteiger charge is -2.03. The van der Waals surface area contributed by atoms with Gasteiger partial charge in [0, 0.05) is 17.4 Å². The average molecular weight is 274 g/mol. The third kappa shape index (κ3) is 3.62. The fraction of sp³-hybridized carbons (Fsp3) is 0.0714. The standard InChI is InChI=1S/C14H12ClN3O/c15-11-8-13(17-9-11)14(19)18-12-5-3-10(4-6-12)2-1-7-16/h3-6,8-9,17H,7,16H2,(H,18,19). The Morgan fingerprint density at radius 1 is 1.37 bits per heavy atom. The molecule has 0 unspecified atom stereocenters. The number of aromatic nitrogens is 1. The van der Waals surface area contributed by atoms with Crippen molar-refractivity contribution >= 4 is 23.2 Å². The summed E-state index contributed by atoms with van der Waals surface area (Å²) in [5.41, 5.74) is 7.25. The van der Waals surface area contributed by atoms with E-state index in [2.05, 4.69) is 22.1 Å². The number of benzene rings is 1. The number of anilines is 1. The van der Waals surface area contributed by atoms with E-state index < -0.39 is 0 Å². The molecule has 0 saturated carbocycles. The molecule has 0 atom stereocenters. The van der Waals surface area contributed by atoms with E-state index in [1.165, 1.54) is 0 Å². The maximum absolute atomic E-state index is 11.8. The normalized spacial score (nSPS) is 9.58. The van der Waals surface area contributed by atoms with Crippen LogP contribution in [0.25, 0.3) is 0 Å². The monoisotopic (exact) mass is 273 g/mol. The van der Waals surface area contributed by atoms with Gasteiger partial charge in [0.05, 0.1) is 11.6 Å². The van der Waals surface area contributed by atoms with E-state index in [0.29, 0.717) is 22.9 Å². The van der Waals surface area contributed by atoms with E-state index in [1.54, 1.807) is 24.4 Å². The highest BCUT2D eigenvalue weighted by atomic mass is 35.5. The van der Waals surface area contributed by atoms with Gasteiger partial charge in [0.15, 0.2) is 0 Å². The van der Waals surface area contributed by atoms with Gasteiger partial charge in [-0.1, -0.05) is 23.4 Å². The number of nitrogens with two attached hydrogens (primary N) is 1. The van der Waals surface area contributed by atoms with Crippen molar-refractivity contribution in [2.75, 3.05) is 11.9 Å². The van der Waals surface area contributed by atoms with Crippen molar-refractivity contribution < 1.29 is 4.79 Å². The zero-order valence-electron chi connectivity index (χ0n) is 10.0. The van der Waals surface area contributed by atoms with Crippen LogP contribution < -0.4 is 11.1 Å². The quantitative estimate of drug-likeness (QED) is 0.734. The summed E-state index contributed by atoms with van der Waals surface area (Å²) in [6.45, 7) is 0.325. The molecule has 0 spiro atoms. The smallest absolute Gasteiger partial charge is 0.272 e. The number of carbonyl (C=O) groups excluding carboxylic acids is 1. The van der Waals surface area contributed by atoms with Gasteiger partial charge in [-0.25, -0.2) is 0 Å². The van der Waals surface area contributed by atoms with Crippen molar-refractivity contribution in [1.29, 1.82) is 0 Å². The van der Waals surface area contributed by atoms with Gasteiger partial charge in [-0.05, 0) is 30.3 Å². The fourth-order valence-corrected chi connectivity index (χ4v) is 1.65. The van der Waals surface area contributed by atoms with Gasteiger partial charge < -0.3 is 16.0 Å². The van der Waals surface area contributed by atoms with Crippen LogP contribution in [0.2, 0.25) is 5.02 Å². The molecule has 4 N–H and O–H groups in total. The molecule has 0 aliphatic carbocycles. The Kier molecular flexibility index (Phi) is 4.24. The van der Waals surface area contributed by atoms with E-state index in [-0.39, 0.29) is 5.91 Å². The molecule has 0 radical (unpaired) electrons. The molecule has 96 valence electrons. The van der Waals surface area contributed by atoms with Crippen molar-refractivity contribution in [2.45, 2.75) is 0 Å². The van der Waals surface area contributed by atoms with E-state index in [9.17, 15) is 4.79 Å². The molecule has 1 amide bonds. The molecule has 0 aliphatic heterocycles. The molecule has 19 heavy (non-hydrogen) atoms. The molecule has 2 aromatic rings. The molecule has 4 nitrogen and oxygen atoms in total. The van der Waals surface area contributed by atoms with Gasteiger partial charge >= 0.3 is 0 Å². The lowest BCUT2D eigenvalue weighted by molar-refractivity contribution is 0.102. The second-order valence-corrected chi connectivity index (χ2v) is 4.21. The van der Waals surface area contributed by atoms with E-state index in [1.807, 2.05) is 12.1 Å². The number of rotatable bonds is 2. The summed E-state index contributed by atoms with van der Waals surface area (Å²) in [5, 5.41) is 3.25. The third-order valence-corrected chi connectivity index (χ3v) is 2.59. The third-order valence-electron chi connectivity index (χ3n) is 2.37. The van der Waals surface area contributed by atoms with Gasteiger partial charge in [0.1, 0.15) is 5.69 Å². The molecule has 1 heterocycles. The Morgan fingerprint density at radius 3 is 2.68 bits per heavy atom. The summed E-state index contributed by atoms with van der Waals surface area (Å²) in [4.78, 5) is 14.6. The summed E-state index contributed by atoms with van der Waals surface area (Å²) >= 11 is 5.74. The summed E-state index contributed by atoms with van der Waals surface area (Å²) in [7, 11) is 0. The van der Waals surface area contributed by atoms with Crippen molar-refractivity contribution in [3.63, 3.8) is 0 Å². The average Bonchev–Trinajstić information content (AvgIpc) is 2.85. The van der Waals surface area contributed by atoms with Gasteiger partial charge in [-0.15, -0.1) is 0 Å². The largest absolute Gasteiger partial charge is 0.356 e. The second kappa shape index (κ2) is 6.10. The molecule has 5 heteroatoms. The number of carbonyl (C=O) groups is 1. The Bertz CT molecular complexity index is 635. The first-order valence-electron chi connectivity index (χ1n) is 5.63. The first-order chi connectivity index (χ1) is 9.19. The van der Waals surface area contributed by atoms with Crippen LogP contribution in [-0.2, 0) is 0 Å². The van der Waals surface area contributed by atoms with Gasteiger partial charge in [0.25, 0.3) is 5.91 Å². The van der Waals surface area contributed by atoms with E-state index in [4.69, 9.17) is 17.3 Å². The minimum absolute atomic E-state index is 0.243. The van der Waals surface area contributed by atoms with E-state index >= 15 is 0 Å². The van der Waals surface area contributed by atoms with Crippen molar-refractivity contribution in [1.82, 2.24) is 4.98 Å². The zero-order valence-corrected chi connectivity index (χ0v) is 10.8. The van der Waals surface area contributed by atoms with Crippen molar-refractivity contribution in [3.05, 3.63) is 52.8 Å². The highest BCUT2D eigenvalue weighted by Crippen LogP contribution is 2.13. The summed E-state index contributed by atoms with van der Waals surface area (Å²) in [6, 6.07) is 8.77. The Hall–Kier alpha value is -2.22. The highest BCUT2D eigenvalue weighted by molar-refractivity contribution is 6.31. The molecule has 1 aromatic carbocycles. The maximum Gasteiger partial charge on any atom is 0.272 e. The topological polar surface area (TPSA) is 70.9 Å². The summed E-state index contributed by atoms with van der Waals surface area (Å²) < 4.78 is 0. The minimum atomic E-state index is -0.243. The van der Waals surface area contributed by atoms with Crippen LogP contribution in [0.1, 0.15) is 16.1 Å². The predicted molar refractivity (Wildman–Crippen MR) is 76.1 cm³/mol. The van der Waals surface area contributed by atoms with Crippen LogP contribution in [0, 0.1) is 11.8 Å². The van der Waals surface area contributed by atoms with E-state index in [0.717, 1.165) is 5.56 Å². The van der Waals surface area contributed by atoms with Crippen LogP contribution in [0.15, 0.2) is 36.5 Å². The number of halogens is 1. The molecule has 0 saturated heterocycles. The Morgan fingerprint density at radius 2 is 2.11 bits per heavy atom. The number of nitrogens with one attached hydrogen (secondary N) is 2. The second-order valence-electron chi connectivity index (χ2n) is 3.77. The van der Waals surface area contributed by atoms with Gasteiger partial charge in [-0.2, -0.15) is 0 Å². The number of hydrogen-bond donors (Lipinski definition) is 3. The number of H-pyrrole nitrogens is 1. The summed E-state index contributed by atoms with van der Waals surface area (Å²) in [5.74, 6) is 5.43. The SMILES string of the molecule is NCC#Cc1ccc(NC(=O)c2cc(Cl)c[nH]2)cc1. The molecule has 2 rings (SSSR count). The highest BCUT2D eigenvalue weighted by Gasteiger charge is 2.07. The molecule has 0 bridgehead atoms. The first kappa shape index (κ1) is 13.2. The van der Waals surface area contributed by atoms with Crippen LogP contribution in [0.3, 0.4) is 0 Å². The van der Waals surface area contributed by atoms with Gasteiger partial charge in [0.2, 0.25) is 0 Å². The van der Waals surface area contributed by atoms with Crippen LogP contribution in [-0.4, -0.2) is 17.4 Å². The zero-order chi connectivity index (χ0) is 13.7. The van der Waals surface area contributed by atoms with Crippen LogP contribution in [0.4, 0.5) is 5.69 Å². The first-order valence-corrected chi connectivity index (χ1v) is 6.01. The molecular weight excluding hydrogens is 262 g/mol. The van der Waals surface area contributed by atoms with Crippen molar-refractivity contribution in [2.24, 2.45) is 5.73 Å². The number of amides is 1. The Labute approximate surface area is 116 Å². The fourth-order valence-electron chi connectivity index (χ4n) is 1.49. The molecule has 1 aromatic heterocycles.